The number of halogens is 1. The second-order valence-corrected chi connectivity index (χ2v) is 8.82. The fourth-order valence-corrected chi connectivity index (χ4v) is 3.76. The minimum atomic E-state index is -0.771. The van der Waals surface area contributed by atoms with Crippen molar-refractivity contribution < 1.29 is 14.2 Å². The maximum Gasteiger partial charge on any atom is 0.346 e. The number of rotatable bonds is 22. The number of nitrogens with zero attached hydrogens (tertiary/aromatic N) is 1. The van der Waals surface area contributed by atoms with Crippen LogP contribution in [0.2, 0.25) is 0 Å². The van der Waals surface area contributed by atoms with Crippen LogP contribution in [0.15, 0.2) is 11.0 Å². The summed E-state index contributed by atoms with van der Waals surface area (Å²) < 4.78 is 18.9. The molecular formula is C25H46FN3O3. The summed E-state index contributed by atoms with van der Waals surface area (Å²) in [4.78, 5) is 16.6. The molecule has 0 aliphatic carbocycles. The molecule has 1 atom stereocenters. The monoisotopic (exact) mass is 455 g/mol. The molecule has 0 aliphatic rings. The molecule has 0 saturated carbocycles. The first-order chi connectivity index (χ1) is 15.6. The van der Waals surface area contributed by atoms with E-state index in [2.05, 4.69) is 22.2 Å². The molecule has 0 aromatic carbocycles. The predicted octanol–water partition coefficient (Wildman–Crippen LogP) is 5.96. The van der Waals surface area contributed by atoms with Gasteiger partial charge in [-0.25, -0.2) is 9.18 Å². The van der Waals surface area contributed by atoms with Crippen molar-refractivity contribution in [2.45, 2.75) is 116 Å². The lowest BCUT2D eigenvalue weighted by Crippen LogP contribution is -2.27. The second-order valence-electron chi connectivity index (χ2n) is 8.82. The Morgan fingerprint density at radius 3 is 1.97 bits per heavy atom. The van der Waals surface area contributed by atoms with Gasteiger partial charge < -0.3 is 15.2 Å². The molecule has 186 valence electrons. The summed E-state index contributed by atoms with van der Waals surface area (Å²) in [5, 5.41) is 12.5. The van der Waals surface area contributed by atoms with E-state index in [9.17, 15) is 14.3 Å². The molecule has 1 rings (SSSR count). The van der Waals surface area contributed by atoms with Gasteiger partial charge in [-0.3, -0.25) is 4.98 Å². The number of hydrogen-bond donors (Lipinski definition) is 3. The number of anilines is 1. The quantitative estimate of drug-likeness (QED) is 0.188. The van der Waals surface area contributed by atoms with Crippen molar-refractivity contribution in [1.29, 1.82) is 0 Å². The Balaban J connectivity index is 1.80. The van der Waals surface area contributed by atoms with Crippen LogP contribution in [0.25, 0.3) is 0 Å². The van der Waals surface area contributed by atoms with Crippen molar-refractivity contribution in [2.24, 2.45) is 0 Å². The highest BCUT2D eigenvalue weighted by atomic mass is 19.1. The number of nitrogens with one attached hydrogen (secondary N) is 2. The Labute approximate surface area is 193 Å². The van der Waals surface area contributed by atoms with E-state index in [1.807, 2.05) is 0 Å². The molecule has 0 amide bonds. The molecule has 0 fully saturated rings. The zero-order valence-electron chi connectivity index (χ0n) is 20.2. The van der Waals surface area contributed by atoms with Gasteiger partial charge in [0.05, 0.1) is 18.9 Å². The zero-order valence-corrected chi connectivity index (χ0v) is 20.2. The number of aliphatic hydroxyl groups is 1. The molecule has 1 unspecified atom stereocenters. The third-order valence-corrected chi connectivity index (χ3v) is 5.73. The Hall–Kier alpha value is -1.47. The van der Waals surface area contributed by atoms with E-state index in [0.717, 1.165) is 19.0 Å². The molecule has 0 spiro atoms. The zero-order chi connectivity index (χ0) is 23.3. The van der Waals surface area contributed by atoms with Crippen LogP contribution < -0.4 is 11.0 Å². The van der Waals surface area contributed by atoms with Crippen LogP contribution in [-0.4, -0.2) is 40.9 Å². The molecule has 32 heavy (non-hydrogen) atoms. The van der Waals surface area contributed by atoms with Crippen LogP contribution in [0.1, 0.15) is 110 Å². The number of aromatic amines is 1. The Bertz CT molecular complexity index is 612. The molecule has 1 aromatic heterocycles. The molecule has 0 aliphatic heterocycles. The van der Waals surface area contributed by atoms with Crippen molar-refractivity contribution in [3.63, 3.8) is 0 Å². The van der Waals surface area contributed by atoms with Crippen molar-refractivity contribution >= 4 is 5.82 Å². The summed E-state index contributed by atoms with van der Waals surface area (Å²) in [5.74, 6) is -0.729. The average Bonchev–Trinajstić information content (AvgIpc) is 2.79. The minimum absolute atomic E-state index is 0.0677. The summed E-state index contributed by atoms with van der Waals surface area (Å²) >= 11 is 0. The van der Waals surface area contributed by atoms with Crippen molar-refractivity contribution in [2.75, 3.05) is 25.1 Å². The molecule has 0 bridgehead atoms. The molecule has 0 radical (unpaired) electrons. The summed E-state index contributed by atoms with van der Waals surface area (Å²) in [6, 6.07) is 0. The highest BCUT2D eigenvalue weighted by molar-refractivity contribution is 5.33. The van der Waals surface area contributed by atoms with Crippen LogP contribution in [0.5, 0.6) is 0 Å². The fourth-order valence-electron chi connectivity index (χ4n) is 3.76. The van der Waals surface area contributed by atoms with Gasteiger partial charge in [0.2, 0.25) is 0 Å². The van der Waals surface area contributed by atoms with Crippen LogP contribution >= 0.6 is 0 Å². The van der Waals surface area contributed by atoms with Crippen molar-refractivity contribution in [3.8, 4) is 0 Å². The third kappa shape index (κ3) is 16.2. The van der Waals surface area contributed by atoms with Crippen LogP contribution in [-0.2, 0) is 4.74 Å². The number of H-pyrrole nitrogens is 1. The summed E-state index contributed by atoms with van der Waals surface area (Å²) in [5.41, 5.74) is -0.636. The van der Waals surface area contributed by atoms with E-state index in [1.165, 1.54) is 89.9 Å². The van der Waals surface area contributed by atoms with Gasteiger partial charge in [0.1, 0.15) is 5.82 Å². The van der Waals surface area contributed by atoms with E-state index >= 15 is 0 Å². The number of unbranched alkanes of at least 4 members (excludes halogenated alkanes) is 15. The van der Waals surface area contributed by atoms with E-state index in [-0.39, 0.29) is 19.0 Å². The number of ether oxygens (including phenoxy) is 1. The van der Waals surface area contributed by atoms with Crippen LogP contribution in [0.4, 0.5) is 10.2 Å². The fraction of sp³-hybridized carbons (Fsp3) is 0.840. The Morgan fingerprint density at radius 2 is 1.44 bits per heavy atom. The lowest BCUT2D eigenvalue weighted by Gasteiger charge is -2.13. The Morgan fingerprint density at radius 1 is 0.938 bits per heavy atom. The molecule has 1 heterocycles. The van der Waals surface area contributed by atoms with Gasteiger partial charge in [-0.15, -0.1) is 0 Å². The molecule has 3 N–H and O–H groups in total. The van der Waals surface area contributed by atoms with Crippen LogP contribution in [0, 0.1) is 5.82 Å². The largest absolute Gasteiger partial charge is 0.389 e. The highest BCUT2D eigenvalue weighted by Crippen LogP contribution is 2.13. The molecule has 0 saturated heterocycles. The minimum Gasteiger partial charge on any atom is -0.389 e. The Kier molecular flexibility index (Phi) is 18.0. The molecule has 7 heteroatoms. The first kappa shape index (κ1) is 28.6. The lowest BCUT2D eigenvalue weighted by molar-refractivity contribution is 0.0415. The van der Waals surface area contributed by atoms with Crippen LogP contribution in [0.3, 0.4) is 0 Å². The number of aromatic nitrogens is 2. The van der Waals surface area contributed by atoms with Crippen molar-refractivity contribution in [1.82, 2.24) is 9.97 Å². The van der Waals surface area contributed by atoms with Gasteiger partial charge in [0.15, 0.2) is 5.82 Å². The maximum absolute atomic E-state index is 13.4. The number of hydrogen-bond acceptors (Lipinski definition) is 5. The van der Waals surface area contributed by atoms with Gasteiger partial charge in [-0.1, -0.05) is 103 Å². The lowest BCUT2D eigenvalue weighted by atomic mass is 10.0. The first-order valence-corrected chi connectivity index (χ1v) is 12.9. The van der Waals surface area contributed by atoms with Gasteiger partial charge in [0, 0.05) is 13.2 Å². The molecule has 1 aromatic rings. The van der Waals surface area contributed by atoms with E-state index in [4.69, 9.17) is 4.74 Å². The highest BCUT2D eigenvalue weighted by Gasteiger charge is 2.08. The van der Waals surface area contributed by atoms with Gasteiger partial charge in [0.25, 0.3) is 0 Å². The smallest absolute Gasteiger partial charge is 0.346 e. The van der Waals surface area contributed by atoms with E-state index in [0.29, 0.717) is 6.61 Å². The number of aliphatic hydroxyl groups excluding tert-OH is 1. The summed E-state index contributed by atoms with van der Waals surface area (Å²) in [6.07, 6.45) is 21.4. The standard InChI is InChI=1S/C25H46FN3O3/c1-2-3-4-5-6-7-8-9-10-11-12-13-14-15-16-17-18-32-21-22(30)19-27-24-23(26)20-28-25(31)29-24/h20,22,30H,2-19,21H2,1H3,(H2,27,28,29,31). The molecular weight excluding hydrogens is 409 g/mol. The molecule has 6 nitrogen and oxygen atoms in total. The van der Waals surface area contributed by atoms with Gasteiger partial charge in [-0.2, -0.15) is 4.98 Å². The topological polar surface area (TPSA) is 87.2 Å². The summed E-state index contributed by atoms with van der Waals surface area (Å²) in [7, 11) is 0. The second kappa shape index (κ2) is 20.2. The average molecular weight is 456 g/mol. The van der Waals surface area contributed by atoms with E-state index < -0.39 is 17.6 Å². The maximum atomic E-state index is 13.4. The van der Waals surface area contributed by atoms with Gasteiger partial charge >= 0.3 is 5.69 Å². The summed E-state index contributed by atoms with van der Waals surface area (Å²) in [6.45, 7) is 3.17. The first-order valence-electron chi connectivity index (χ1n) is 12.9. The van der Waals surface area contributed by atoms with Gasteiger partial charge in [-0.05, 0) is 6.42 Å². The normalized spacial score (nSPS) is 12.2. The van der Waals surface area contributed by atoms with E-state index in [1.54, 1.807) is 0 Å². The SMILES string of the molecule is CCCCCCCCCCCCCCCCCCOCC(O)CNc1[nH]c(=O)ncc1F. The van der Waals surface area contributed by atoms with Crippen molar-refractivity contribution in [3.05, 3.63) is 22.5 Å². The third-order valence-electron chi connectivity index (χ3n) is 5.73. The predicted molar refractivity (Wildman–Crippen MR) is 130 cm³/mol.